The lowest BCUT2D eigenvalue weighted by atomic mass is 10.2. The second-order valence-electron chi connectivity index (χ2n) is 6.15. The van der Waals surface area contributed by atoms with Crippen molar-refractivity contribution in [2.24, 2.45) is 0 Å². The zero-order valence-electron chi connectivity index (χ0n) is 13.0. The molecular formula is C15H23N5O. The van der Waals surface area contributed by atoms with E-state index in [2.05, 4.69) is 28.7 Å². The summed E-state index contributed by atoms with van der Waals surface area (Å²) in [5, 5.41) is 0. The Balaban J connectivity index is 1.82. The van der Waals surface area contributed by atoms with Gasteiger partial charge in [0.2, 0.25) is 5.91 Å². The normalized spacial score (nSPS) is 26.6. The lowest BCUT2D eigenvalue weighted by Crippen LogP contribution is -2.49. The van der Waals surface area contributed by atoms with Crippen molar-refractivity contribution in [3.05, 3.63) is 12.4 Å². The van der Waals surface area contributed by atoms with Crippen LogP contribution in [0.2, 0.25) is 0 Å². The van der Waals surface area contributed by atoms with Gasteiger partial charge in [-0.3, -0.25) is 4.79 Å². The third-order valence-corrected chi connectivity index (χ3v) is 4.64. The highest BCUT2D eigenvalue weighted by molar-refractivity contribution is 5.82. The number of hydrogen-bond acceptors (Lipinski definition) is 5. The number of amides is 1. The van der Waals surface area contributed by atoms with Crippen LogP contribution in [0.25, 0.3) is 0 Å². The van der Waals surface area contributed by atoms with Crippen LogP contribution < -0.4 is 9.80 Å². The molecule has 0 aromatic carbocycles. The van der Waals surface area contributed by atoms with Crippen LogP contribution in [-0.2, 0) is 4.79 Å². The molecular weight excluding hydrogens is 266 g/mol. The van der Waals surface area contributed by atoms with Gasteiger partial charge in [0, 0.05) is 38.3 Å². The number of hydrogen-bond donors (Lipinski definition) is 0. The summed E-state index contributed by atoms with van der Waals surface area (Å²) in [6, 6.07) is 3.05. The smallest absolute Gasteiger partial charge is 0.241 e. The molecule has 2 fully saturated rings. The lowest BCUT2D eigenvalue weighted by molar-refractivity contribution is -0.129. The third kappa shape index (κ3) is 2.66. The van der Waals surface area contributed by atoms with E-state index < -0.39 is 0 Å². The van der Waals surface area contributed by atoms with Gasteiger partial charge in [-0.1, -0.05) is 0 Å². The summed E-state index contributed by atoms with van der Waals surface area (Å²) in [7, 11) is 1.85. The average Bonchev–Trinajstić information content (AvgIpc) is 2.81. The van der Waals surface area contributed by atoms with Gasteiger partial charge in [0.15, 0.2) is 0 Å². The molecule has 2 aliphatic heterocycles. The molecule has 2 unspecified atom stereocenters. The SMILES string of the molecule is CC1CCC(C)N1c1cc(N2CCN(C)C(=O)C2)ncn1. The number of anilines is 2. The Morgan fingerprint density at radius 3 is 2.43 bits per heavy atom. The zero-order chi connectivity index (χ0) is 15.0. The topological polar surface area (TPSA) is 52.6 Å². The molecule has 3 rings (SSSR count). The molecule has 3 heterocycles. The molecule has 1 aromatic rings. The number of nitrogens with zero attached hydrogens (tertiary/aromatic N) is 5. The second-order valence-corrected chi connectivity index (χ2v) is 6.15. The summed E-state index contributed by atoms with van der Waals surface area (Å²) in [6.45, 7) is 6.45. The third-order valence-electron chi connectivity index (χ3n) is 4.64. The van der Waals surface area contributed by atoms with Crippen LogP contribution >= 0.6 is 0 Å². The fourth-order valence-electron chi connectivity index (χ4n) is 3.25. The van der Waals surface area contributed by atoms with E-state index in [9.17, 15) is 4.79 Å². The number of piperazine rings is 1. The van der Waals surface area contributed by atoms with Crippen LogP contribution in [0, 0.1) is 0 Å². The monoisotopic (exact) mass is 289 g/mol. The van der Waals surface area contributed by atoms with Crippen LogP contribution in [0.15, 0.2) is 12.4 Å². The van der Waals surface area contributed by atoms with Crippen molar-refractivity contribution < 1.29 is 4.79 Å². The molecule has 0 radical (unpaired) electrons. The van der Waals surface area contributed by atoms with Crippen LogP contribution in [0.3, 0.4) is 0 Å². The predicted octanol–water partition coefficient (Wildman–Crippen LogP) is 1.13. The van der Waals surface area contributed by atoms with E-state index >= 15 is 0 Å². The quantitative estimate of drug-likeness (QED) is 0.817. The van der Waals surface area contributed by atoms with Gasteiger partial charge in [0.1, 0.15) is 18.0 Å². The molecule has 2 atom stereocenters. The summed E-state index contributed by atoms with van der Waals surface area (Å²) in [5.74, 6) is 1.97. The van der Waals surface area contributed by atoms with Crippen molar-refractivity contribution in [3.8, 4) is 0 Å². The molecule has 1 aromatic heterocycles. The molecule has 6 heteroatoms. The van der Waals surface area contributed by atoms with Crippen molar-refractivity contribution in [2.75, 3.05) is 36.5 Å². The summed E-state index contributed by atoms with van der Waals surface area (Å²) >= 11 is 0. The minimum absolute atomic E-state index is 0.143. The van der Waals surface area contributed by atoms with E-state index in [0.717, 1.165) is 24.7 Å². The molecule has 0 saturated carbocycles. The molecule has 2 saturated heterocycles. The molecule has 21 heavy (non-hydrogen) atoms. The van der Waals surface area contributed by atoms with E-state index in [1.807, 2.05) is 18.0 Å². The first-order valence-corrected chi connectivity index (χ1v) is 7.65. The van der Waals surface area contributed by atoms with E-state index in [-0.39, 0.29) is 5.91 Å². The number of carbonyl (C=O) groups is 1. The minimum atomic E-state index is 0.143. The highest BCUT2D eigenvalue weighted by Gasteiger charge is 2.29. The highest BCUT2D eigenvalue weighted by Crippen LogP contribution is 2.30. The largest absolute Gasteiger partial charge is 0.351 e. The molecule has 6 nitrogen and oxygen atoms in total. The Hall–Kier alpha value is -1.85. The molecule has 0 N–H and O–H groups in total. The fraction of sp³-hybridized carbons (Fsp3) is 0.667. The first kappa shape index (κ1) is 14.1. The van der Waals surface area contributed by atoms with E-state index in [1.165, 1.54) is 12.8 Å². The minimum Gasteiger partial charge on any atom is -0.351 e. The first-order valence-electron chi connectivity index (χ1n) is 7.65. The average molecular weight is 289 g/mol. The summed E-state index contributed by atoms with van der Waals surface area (Å²) in [5.41, 5.74) is 0. The van der Waals surface area contributed by atoms with E-state index in [1.54, 1.807) is 11.2 Å². The van der Waals surface area contributed by atoms with Gasteiger partial charge in [-0.05, 0) is 26.7 Å². The van der Waals surface area contributed by atoms with Gasteiger partial charge >= 0.3 is 0 Å². The van der Waals surface area contributed by atoms with E-state index in [4.69, 9.17) is 0 Å². The Kier molecular flexibility index (Phi) is 3.69. The van der Waals surface area contributed by atoms with Gasteiger partial charge in [-0.15, -0.1) is 0 Å². The summed E-state index contributed by atoms with van der Waals surface area (Å²) in [4.78, 5) is 26.8. The molecule has 1 amide bonds. The summed E-state index contributed by atoms with van der Waals surface area (Å²) < 4.78 is 0. The molecule has 2 aliphatic rings. The van der Waals surface area contributed by atoms with Crippen molar-refractivity contribution in [1.82, 2.24) is 14.9 Å². The maximum atomic E-state index is 11.9. The van der Waals surface area contributed by atoms with Crippen LogP contribution in [-0.4, -0.2) is 59.5 Å². The maximum Gasteiger partial charge on any atom is 0.241 e. The van der Waals surface area contributed by atoms with Crippen LogP contribution in [0.1, 0.15) is 26.7 Å². The number of carbonyl (C=O) groups excluding carboxylic acids is 1. The second kappa shape index (κ2) is 5.50. The molecule has 114 valence electrons. The van der Waals surface area contributed by atoms with Crippen LogP contribution in [0.5, 0.6) is 0 Å². The van der Waals surface area contributed by atoms with Crippen LogP contribution in [0.4, 0.5) is 11.6 Å². The number of rotatable bonds is 2. The van der Waals surface area contributed by atoms with Gasteiger partial charge in [-0.25, -0.2) is 9.97 Å². The van der Waals surface area contributed by atoms with Gasteiger partial charge in [0.05, 0.1) is 6.54 Å². The highest BCUT2D eigenvalue weighted by atomic mass is 16.2. The fourth-order valence-corrected chi connectivity index (χ4v) is 3.25. The molecule has 0 aliphatic carbocycles. The standard InChI is InChI=1S/C15H23N5O/c1-11-4-5-12(2)20(11)14-8-13(16-10-17-14)19-7-6-18(3)15(21)9-19/h8,10-12H,4-7,9H2,1-3H3. The lowest BCUT2D eigenvalue weighted by Gasteiger charge is -2.33. The van der Waals surface area contributed by atoms with Crippen molar-refractivity contribution in [2.45, 2.75) is 38.8 Å². The summed E-state index contributed by atoms with van der Waals surface area (Å²) in [6.07, 6.45) is 4.02. The Bertz CT molecular complexity index is 525. The Morgan fingerprint density at radius 2 is 1.76 bits per heavy atom. The van der Waals surface area contributed by atoms with E-state index in [0.29, 0.717) is 18.6 Å². The first-order chi connectivity index (χ1) is 10.1. The maximum absolute atomic E-state index is 11.9. The van der Waals surface area contributed by atoms with Crippen molar-refractivity contribution in [3.63, 3.8) is 0 Å². The van der Waals surface area contributed by atoms with Gasteiger partial charge < -0.3 is 14.7 Å². The molecule has 0 spiro atoms. The molecule has 0 bridgehead atoms. The van der Waals surface area contributed by atoms with Gasteiger partial charge in [0.25, 0.3) is 0 Å². The predicted molar refractivity (Wildman–Crippen MR) is 82.5 cm³/mol. The Labute approximate surface area is 125 Å². The number of likely N-dealkylation sites (N-methyl/N-ethyl adjacent to an activating group) is 1. The van der Waals surface area contributed by atoms with Crippen molar-refractivity contribution >= 4 is 17.5 Å². The zero-order valence-corrected chi connectivity index (χ0v) is 13.0. The van der Waals surface area contributed by atoms with Gasteiger partial charge in [-0.2, -0.15) is 0 Å². The van der Waals surface area contributed by atoms with Crippen molar-refractivity contribution in [1.29, 1.82) is 0 Å². The number of aromatic nitrogens is 2. The Morgan fingerprint density at radius 1 is 1.10 bits per heavy atom.